The van der Waals surface area contributed by atoms with E-state index in [4.69, 9.17) is 0 Å². The number of Topliss-reactive ketones (excluding diaryl/α,β-unsaturated/α-hetero) is 1. The van der Waals surface area contributed by atoms with Gasteiger partial charge in [0.1, 0.15) is 0 Å². The van der Waals surface area contributed by atoms with Gasteiger partial charge in [-0.05, 0) is 47.7 Å². The van der Waals surface area contributed by atoms with Gasteiger partial charge < -0.3 is 0 Å². The molecule has 0 unspecified atom stereocenters. The molecule has 0 bridgehead atoms. The first-order valence-corrected chi connectivity index (χ1v) is 7.82. The molecule has 0 N–H and O–H groups in total. The summed E-state index contributed by atoms with van der Waals surface area (Å²) in [6.45, 7) is 4.29. The number of halogens is 1. The van der Waals surface area contributed by atoms with Gasteiger partial charge in [0.25, 0.3) is 0 Å². The smallest absolute Gasteiger partial charge is 0.167 e. The van der Waals surface area contributed by atoms with Crippen LogP contribution in [0.2, 0.25) is 0 Å². The molecule has 2 aromatic carbocycles. The predicted molar refractivity (Wildman–Crippen MR) is 87.4 cm³/mol. The zero-order valence-corrected chi connectivity index (χ0v) is 13.5. The van der Waals surface area contributed by atoms with Crippen LogP contribution in [0.3, 0.4) is 0 Å². The number of hydrogen-bond acceptors (Lipinski definition) is 1. The summed E-state index contributed by atoms with van der Waals surface area (Å²) in [4.78, 5) is 12.4. The Morgan fingerprint density at radius 1 is 1.00 bits per heavy atom. The average Bonchev–Trinajstić information content (AvgIpc) is 2.46. The van der Waals surface area contributed by atoms with Gasteiger partial charge in [0.2, 0.25) is 0 Å². The second kappa shape index (κ2) is 6.85. The summed E-state index contributed by atoms with van der Waals surface area (Å²) in [5.74, 6) is 0.181. The molecular formula is C18H19BrO. The van der Waals surface area contributed by atoms with Crippen molar-refractivity contribution in [1.29, 1.82) is 0 Å². The van der Waals surface area contributed by atoms with Crippen molar-refractivity contribution in [3.05, 3.63) is 69.2 Å². The second-order valence-corrected chi connectivity index (χ2v) is 5.84. The van der Waals surface area contributed by atoms with Gasteiger partial charge >= 0.3 is 0 Å². The summed E-state index contributed by atoms with van der Waals surface area (Å²) in [7, 11) is 0. The lowest BCUT2D eigenvalue weighted by Gasteiger charge is -2.08. The van der Waals surface area contributed by atoms with Crippen LogP contribution in [0.15, 0.2) is 46.9 Å². The topological polar surface area (TPSA) is 17.1 Å². The fourth-order valence-electron chi connectivity index (χ4n) is 2.41. The zero-order chi connectivity index (χ0) is 14.5. The van der Waals surface area contributed by atoms with Crippen molar-refractivity contribution in [2.45, 2.75) is 33.1 Å². The van der Waals surface area contributed by atoms with E-state index in [9.17, 15) is 4.79 Å². The van der Waals surface area contributed by atoms with Gasteiger partial charge in [-0.15, -0.1) is 0 Å². The molecule has 20 heavy (non-hydrogen) atoms. The molecular weight excluding hydrogens is 312 g/mol. The van der Waals surface area contributed by atoms with E-state index in [2.05, 4.69) is 41.9 Å². The van der Waals surface area contributed by atoms with Gasteiger partial charge in [-0.2, -0.15) is 0 Å². The summed E-state index contributed by atoms with van der Waals surface area (Å²) in [5, 5.41) is 0. The first-order chi connectivity index (χ1) is 9.63. The lowest BCUT2D eigenvalue weighted by atomic mass is 9.96. The van der Waals surface area contributed by atoms with E-state index in [1.54, 1.807) is 0 Å². The summed E-state index contributed by atoms with van der Waals surface area (Å²) in [5.41, 5.74) is 4.49. The quantitative estimate of drug-likeness (QED) is 0.705. The maximum Gasteiger partial charge on any atom is 0.167 e. The molecule has 1 nitrogen and oxygen atoms in total. The van der Waals surface area contributed by atoms with Crippen molar-refractivity contribution in [3.63, 3.8) is 0 Å². The molecule has 0 heterocycles. The van der Waals surface area contributed by atoms with Gasteiger partial charge in [-0.25, -0.2) is 0 Å². The molecule has 2 heteroatoms. The van der Waals surface area contributed by atoms with Crippen molar-refractivity contribution in [2.24, 2.45) is 0 Å². The summed E-state index contributed by atoms with van der Waals surface area (Å²) in [6, 6.07) is 14.0. The van der Waals surface area contributed by atoms with Crippen LogP contribution >= 0.6 is 15.9 Å². The maximum absolute atomic E-state index is 12.4. The highest BCUT2D eigenvalue weighted by Crippen LogP contribution is 2.17. The van der Waals surface area contributed by atoms with E-state index < -0.39 is 0 Å². The van der Waals surface area contributed by atoms with Crippen molar-refractivity contribution in [1.82, 2.24) is 0 Å². The van der Waals surface area contributed by atoms with Crippen molar-refractivity contribution >= 4 is 21.7 Å². The Morgan fingerprint density at radius 3 is 2.40 bits per heavy atom. The van der Waals surface area contributed by atoms with E-state index in [0.717, 1.165) is 28.4 Å². The molecule has 0 aliphatic carbocycles. The SMILES string of the molecule is CCc1ccc(C(=O)Cc2cccc(Br)c2)cc1CC. The van der Waals surface area contributed by atoms with Crippen LogP contribution in [0.1, 0.15) is 40.9 Å². The number of rotatable bonds is 5. The molecule has 0 aromatic heterocycles. The molecule has 2 aromatic rings. The molecule has 0 radical (unpaired) electrons. The third-order valence-electron chi connectivity index (χ3n) is 3.54. The Labute approximate surface area is 129 Å². The Balaban J connectivity index is 2.21. The lowest BCUT2D eigenvalue weighted by Crippen LogP contribution is -2.05. The second-order valence-electron chi connectivity index (χ2n) is 4.92. The van der Waals surface area contributed by atoms with Crippen LogP contribution in [0, 0.1) is 0 Å². The van der Waals surface area contributed by atoms with Crippen LogP contribution in [-0.2, 0) is 19.3 Å². The molecule has 0 atom stereocenters. The van der Waals surface area contributed by atoms with E-state index >= 15 is 0 Å². The van der Waals surface area contributed by atoms with Crippen molar-refractivity contribution < 1.29 is 4.79 Å². The minimum atomic E-state index is 0.181. The van der Waals surface area contributed by atoms with Gasteiger partial charge in [0, 0.05) is 16.5 Å². The monoisotopic (exact) mass is 330 g/mol. The van der Waals surface area contributed by atoms with Crippen LogP contribution in [-0.4, -0.2) is 5.78 Å². The first-order valence-electron chi connectivity index (χ1n) is 7.03. The molecule has 0 aliphatic rings. The third-order valence-corrected chi connectivity index (χ3v) is 4.04. The minimum absolute atomic E-state index is 0.181. The molecule has 104 valence electrons. The average molecular weight is 331 g/mol. The lowest BCUT2D eigenvalue weighted by molar-refractivity contribution is 0.0993. The maximum atomic E-state index is 12.4. The van der Waals surface area contributed by atoms with E-state index in [-0.39, 0.29) is 5.78 Å². The van der Waals surface area contributed by atoms with E-state index in [0.29, 0.717) is 6.42 Å². The van der Waals surface area contributed by atoms with Gasteiger partial charge in [0.15, 0.2) is 5.78 Å². The van der Waals surface area contributed by atoms with Gasteiger partial charge in [0.05, 0.1) is 0 Å². The highest BCUT2D eigenvalue weighted by molar-refractivity contribution is 9.10. The highest BCUT2D eigenvalue weighted by Gasteiger charge is 2.09. The molecule has 0 spiro atoms. The van der Waals surface area contributed by atoms with Crippen molar-refractivity contribution in [2.75, 3.05) is 0 Å². The zero-order valence-electron chi connectivity index (χ0n) is 11.9. The van der Waals surface area contributed by atoms with Gasteiger partial charge in [-0.3, -0.25) is 4.79 Å². The normalized spacial score (nSPS) is 10.6. The van der Waals surface area contributed by atoms with Crippen LogP contribution in [0.5, 0.6) is 0 Å². The number of hydrogen-bond donors (Lipinski definition) is 0. The number of carbonyl (C=O) groups is 1. The summed E-state index contributed by atoms with van der Waals surface area (Å²) >= 11 is 3.44. The Bertz CT molecular complexity index is 617. The number of aryl methyl sites for hydroxylation is 2. The largest absolute Gasteiger partial charge is 0.294 e. The number of carbonyl (C=O) groups excluding carboxylic acids is 1. The van der Waals surface area contributed by atoms with Crippen LogP contribution < -0.4 is 0 Å². The van der Waals surface area contributed by atoms with Crippen LogP contribution in [0.25, 0.3) is 0 Å². The number of ketones is 1. The Morgan fingerprint density at radius 2 is 1.75 bits per heavy atom. The van der Waals surface area contributed by atoms with Gasteiger partial charge in [-0.1, -0.05) is 54.0 Å². The molecule has 0 aliphatic heterocycles. The predicted octanol–water partition coefficient (Wildman–Crippen LogP) is 5.00. The molecule has 0 saturated heterocycles. The fraction of sp³-hybridized carbons (Fsp3) is 0.278. The number of benzene rings is 2. The van der Waals surface area contributed by atoms with Crippen molar-refractivity contribution in [3.8, 4) is 0 Å². The molecule has 0 amide bonds. The first kappa shape index (κ1) is 15.0. The third kappa shape index (κ3) is 3.57. The highest BCUT2D eigenvalue weighted by atomic mass is 79.9. The molecule has 0 saturated carbocycles. The molecule has 2 rings (SSSR count). The van der Waals surface area contributed by atoms with E-state index in [1.165, 1.54) is 11.1 Å². The Kier molecular flexibility index (Phi) is 5.13. The summed E-state index contributed by atoms with van der Waals surface area (Å²) < 4.78 is 1.01. The van der Waals surface area contributed by atoms with E-state index in [1.807, 2.05) is 30.3 Å². The van der Waals surface area contributed by atoms with Crippen LogP contribution in [0.4, 0.5) is 0 Å². The minimum Gasteiger partial charge on any atom is -0.294 e. The Hall–Kier alpha value is -1.41. The summed E-state index contributed by atoms with van der Waals surface area (Å²) in [6.07, 6.45) is 2.44. The fourth-order valence-corrected chi connectivity index (χ4v) is 2.85. The standard InChI is InChI=1S/C18H19BrO/c1-3-14-8-9-16(12-15(14)4-2)18(20)11-13-6-5-7-17(19)10-13/h5-10,12H,3-4,11H2,1-2H3. The molecule has 0 fully saturated rings.